The second-order valence-corrected chi connectivity index (χ2v) is 9.48. The summed E-state index contributed by atoms with van der Waals surface area (Å²) >= 11 is 6.15. The van der Waals surface area contributed by atoms with Crippen molar-refractivity contribution in [3.05, 3.63) is 53.1 Å². The Balaban J connectivity index is 1.11. The minimum atomic E-state index is -0.540. The minimum absolute atomic E-state index is 0.123. The maximum absolute atomic E-state index is 10.6. The van der Waals surface area contributed by atoms with Crippen molar-refractivity contribution in [1.82, 2.24) is 4.90 Å². The fourth-order valence-corrected chi connectivity index (χ4v) is 5.20. The van der Waals surface area contributed by atoms with Crippen molar-refractivity contribution in [2.75, 3.05) is 57.4 Å². The molecule has 6 nitrogen and oxygen atoms in total. The van der Waals surface area contributed by atoms with E-state index >= 15 is 0 Å². The summed E-state index contributed by atoms with van der Waals surface area (Å²) in [6.07, 6.45) is 2.28. The Morgan fingerprint density at radius 1 is 1.06 bits per heavy atom. The Morgan fingerprint density at radius 3 is 2.66 bits per heavy atom. The van der Waals surface area contributed by atoms with E-state index in [1.165, 1.54) is 5.56 Å². The number of piperidine rings is 1. The van der Waals surface area contributed by atoms with Gasteiger partial charge in [0.2, 0.25) is 0 Å². The number of benzene rings is 2. The SMILES string of the molecule is O[C@@H](COc1ccccc1N1CCOCC1)CN1CCC2(CC1)Cc1cc(Cl)ccc1O2. The van der Waals surface area contributed by atoms with E-state index in [4.69, 9.17) is 25.8 Å². The van der Waals surface area contributed by atoms with Gasteiger partial charge in [0.25, 0.3) is 0 Å². The van der Waals surface area contributed by atoms with E-state index in [1.807, 2.05) is 36.4 Å². The molecule has 2 saturated heterocycles. The van der Waals surface area contributed by atoms with Crippen LogP contribution < -0.4 is 14.4 Å². The quantitative estimate of drug-likeness (QED) is 0.716. The molecule has 1 N–H and O–H groups in total. The zero-order valence-electron chi connectivity index (χ0n) is 18.3. The van der Waals surface area contributed by atoms with Gasteiger partial charge in [-0.25, -0.2) is 0 Å². The number of aliphatic hydroxyl groups is 1. The number of halogens is 1. The summed E-state index contributed by atoms with van der Waals surface area (Å²) in [5.74, 6) is 1.79. The number of nitrogens with zero attached hydrogens (tertiary/aromatic N) is 2. The molecule has 2 aromatic rings. The van der Waals surface area contributed by atoms with Crippen LogP contribution in [0.5, 0.6) is 11.5 Å². The summed E-state index contributed by atoms with van der Waals surface area (Å²) in [6, 6.07) is 13.9. The molecule has 0 aliphatic carbocycles. The van der Waals surface area contributed by atoms with Crippen LogP contribution in [0.25, 0.3) is 0 Å². The van der Waals surface area contributed by atoms with Gasteiger partial charge < -0.3 is 29.1 Å². The van der Waals surface area contributed by atoms with E-state index < -0.39 is 6.10 Å². The molecule has 3 aliphatic rings. The number of ether oxygens (including phenoxy) is 3. The fraction of sp³-hybridized carbons (Fsp3) is 0.520. The second-order valence-electron chi connectivity index (χ2n) is 9.05. The minimum Gasteiger partial charge on any atom is -0.489 e. The lowest BCUT2D eigenvalue weighted by Crippen LogP contribution is -2.49. The first-order valence-electron chi connectivity index (χ1n) is 11.5. The van der Waals surface area contributed by atoms with Crippen LogP contribution in [-0.2, 0) is 11.2 Å². The molecule has 0 amide bonds. The Labute approximate surface area is 194 Å². The predicted octanol–water partition coefficient (Wildman–Crippen LogP) is 3.39. The van der Waals surface area contributed by atoms with Gasteiger partial charge in [-0.15, -0.1) is 0 Å². The summed E-state index contributed by atoms with van der Waals surface area (Å²) in [5, 5.41) is 11.4. The maximum atomic E-state index is 10.6. The molecule has 0 saturated carbocycles. The summed E-state index contributed by atoms with van der Waals surface area (Å²) in [5.41, 5.74) is 2.15. The van der Waals surface area contributed by atoms with Crippen LogP contribution in [0.2, 0.25) is 5.02 Å². The number of likely N-dealkylation sites (tertiary alicyclic amines) is 1. The maximum Gasteiger partial charge on any atom is 0.142 e. The van der Waals surface area contributed by atoms with Gasteiger partial charge in [0.1, 0.15) is 29.8 Å². The molecular weight excluding hydrogens is 428 g/mol. The highest BCUT2D eigenvalue weighted by atomic mass is 35.5. The second kappa shape index (κ2) is 9.48. The van der Waals surface area contributed by atoms with E-state index in [1.54, 1.807) is 0 Å². The largest absolute Gasteiger partial charge is 0.489 e. The normalized spacial score (nSPS) is 21.2. The lowest BCUT2D eigenvalue weighted by Gasteiger charge is -2.39. The van der Waals surface area contributed by atoms with Gasteiger partial charge in [-0.3, -0.25) is 0 Å². The molecule has 3 aliphatic heterocycles. The molecule has 0 radical (unpaired) electrons. The van der Waals surface area contributed by atoms with Gasteiger partial charge in [-0.05, 0) is 35.9 Å². The Hall–Kier alpha value is -1.99. The van der Waals surface area contributed by atoms with Gasteiger partial charge in [0.15, 0.2) is 0 Å². The number of para-hydroxylation sites is 2. The first kappa shape index (κ1) is 21.8. The molecule has 0 bridgehead atoms. The Kier molecular flexibility index (Phi) is 6.47. The molecular formula is C25H31ClN2O4. The van der Waals surface area contributed by atoms with Crippen molar-refractivity contribution in [2.45, 2.75) is 31.0 Å². The zero-order valence-corrected chi connectivity index (χ0v) is 19.1. The molecule has 1 atom stereocenters. The predicted molar refractivity (Wildman–Crippen MR) is 125 cm³/mol. The van der Waals surface area contributed by atoms with E-state index in [0.29, 0.717) is 6.54 Å². The molecule has 3 heterocycles. The number of hydrogen-bond acceptors (Lipinski definition) is 6. The topological polar surface area (TPSA) is 54.4 Å². The van der Waals surface area contributed by atoms with Crippen LogP contribution >= 0.6 is 11.6 Å². The van der Waals surface area contributed by atoms with E-state index in [2.05, 4.69) is 15.9 Å². The third-order valence-corrected chi connectivity index (χ3v) is 6.98. The molecule has 0 unspecified atom stereocenters. The molecule has 0 aromatic heterocycles. The highest BCUT2D eigenvalue weighted by Crippen LogP contribution is 2.42. The molecule has 1 spiro atoms. The van der Waals surface area contributed by atoms with Crippen molar-refractivity contribution < 1.29 is 19.3 Å². The van der Waals surface area contributed by atoms with Crippen LogP contribution in [0.4, 0.5) is 5.69 Å². The molecule has 32 heavy (non-hydrogen) atoms. The molecule has 2 fully saturated rings. The fourth-order valence-electron chi connectivity index (χ4n) is 5.01. The van der Waals surface area contributed by atoms with E-state index in [-0.39, 0.29) is 12.2 Å². The zero-order chi connectivity index (χ0) is 22.0. The third kappa shape index (κ3) is 4.84. The lowest BCUT2D eigenvalue weighted by atomic mass is 9.87. The Bertz CT molecular complexity index is 926. The van der Waals surface area contributed by atoms with Gasteiger partial charge in [0, 0.05) is 57.0 Å². The third-order valence-electron chi connectivity index (χ3n) is 6.75. The summed E-state index contributed by atoms with van der Waals surface area (Å²) in [7, 11) is 0. The number of anilines is 1. The van der Waals surface area contributed by atoms with Gasteiger partial charge in [0.05, 0.1) is 18.9 Å². The monoisotopic (exact) mass is 458 g/mol. The van der Waals surface area contributed by atoms with Gasteiger partial charge in [-0.2, -0.15) is 0 Å². The van der Waals surface area contributed by atoms with Crippen LogP contribution in [0, 0.1) is 0 Å². The summed E-state index contributed by atoms with van der Waals surface area (Å²) in [6.45, 7) is 5.88. The summed E-state index contributed by atoms with van der Waals surface area (Å²) in [4.78, 5) is 4.59. The van der Waals surface area contributed by atoms with Crippen molar-refractivity contribution in [1.29, 1.82) is 0 Å². The van der Waals surface area contributed by atoms with Gasteiger partial charge in [-0.1, -0.05) is 23.7 Å². The molecule has 172 valence electrons. The number of morpholine rings is 1. The molecule has 2 aromatic carbocycles. The van der Waals surface area contributed by atoms with Crippen LogP contribution in [-0.4, -0.2) is 74.3 Å². The van der Waals surface area contributed by atoms with E-state index in [9.17, 15) is 5.11 Å². The lowest BCUT2D eigenvalue weighted by molar-refractivity contribution is -0.00194. The first-order valence-corrected chi connectivity index (χ1v) is 11.9. The smallest absolute Gasteiger partial charge is 0.142 e. The average molecular weight is 459 g/mol. The van der Waals surface area contributed by atoms with Crippen molar-refractivity contribution in [2.24, 2.45) is 0 Å². The standard InChI is InChI=1S/C25H31ClN2O4/c26-20-5-6-23-19(15-20)16-25(32-23)7-9-27(10-8-25)17-21(29)18-31-24-4-2-1-3-22(24)28-11-13-30-14-12-28/h1-6,15,21,29H,7-14,16-18H2/t21-/m1/s1. The number of rotatable bonds is 6. The van der Waals surface area contributed by atoms with E-state index in [0.717, 1.165) is 80.9 Å². The van der Waals surface area contributed by atoms with Crippen molar-refractivity contribution in [3.8, 4) is 11.5 Å². The number of hydrogen-bond donors (Lipinski definition) is 1. The molecule has 5 rings (SSSR count). The average Bonchev–Trinajstić information content (AvgIpc) is 3.17. The number of fused-ring (bicyclic) bond motifs is 1. The van der Waals surface area contributed by atoms with Gasteiger partial charge >= 0.3 is 0 Å². The van der Waals surface area contributed by atoms with Crippen LogP contribution in [0.15, 0.2) is 42.5 Å². The number of aliphatic hydroxyl groups excluding tert-OH is 1. The van der Waals surface area contributed by atoms with Crippen LogP contribution in [0.3, 0.4) is 0 Å². The Morgan fingerprint density at radius 2 is 1.84 bits per heavy atom. The highest BCUT2D eigenvalue weighted by Gasteiger charge is 2.42. The first-order chi connectivity index (χ1) is 15.6. The highest BCUT2D eigenvalue weighted by molar-refractivity contribution is 6.30. The molecule has 7 heteroatoms. The van der Waals surface area contributed by atoms with Crippen molar-refractivity contribution in [3.63, 3.8) is 0 Å². The van der Waals surface area contributed by atoms with Crippen LogP contribution in [0.1, 0.15) is 18.4 Å². The van der Waals surface area contributed by atoms with Crippen molar-refractivity contribution >= 4 is 17.3 Å². The summed E-state index contributed by atoms with van der Waals surface area (Å²) < 4.78 is 17.8. The number of β-amino-alcohol motifs (C(OH)–C–C–N with tert-alkyl or cyclic N) is 1.